The van der Waals surface area contributed by atoms with Crippen LogP contribution < -0.4 is 9.80 Å². The maximum absolute atomic E-state index is 10.9. The first-order chi connectivity index (χ1) is 14.7. The number of anilines is 1. The summed E-state index contributed by atoms with van der Waals surface area (Å²) in [6.07, 6.45) is -0.383. The molecule has 2 N–H and O–H groups in total. The molecule has 0 unspecified atom stereocenters. The lowest BCUT2D eigenvalue weighted by atomic mass is 10.2. The molecule has 4 nitrogen and oxygen atoms in total. The van der Waals surface area contributed by atoms with E-state index in [1.807, 2.05) is 18.2 Å². The molecule has 154 valence electrons. The zero-order valence-corrected chi connectivity index (χ0v) is 17.7. The van der Waals surface area contributed by atoms with E-state index >= 15 is 0 Å². The Morgan fingerprint density at radius 3 is 2.03 bits per heavy atom. The lowest BCUT2D eigenvalue weighted by molar-refractivity contribution is -0.903. The van der Waals surface area contributed by atoms with Crippen LogP contribution in [0.5, 0.6) is 0 Å². The van der Waals surface area contributed by atoms with Crippen molar-refractivity contribution in [3.8, 4) is 0 Å². The van der Waals surface area contributed by atoms with Gasteiger partial charge in [-0.05, 0) is 24.3 Å². The van der Waals surface area contributed by atoms with Crippen LogP contribution in [-0.2, 0) is 6.54 Å². The summed E-state index contributed by atoms with van der Waals surface area (Å²) < 4.78 is 2.27. The maximum Gasteiger partial charge on any atom is 0.121 e. The topological polar surface area (TPSA) is 32.8 Å². The van der Waals surface area contributed by atoms with E-state index in [1.165, 1.54) is 26.7 Å². The van der Waals surface area contributed by atoms with Gasteiger partial charge in [0.1, 0.15) is 12.6 Å². The molecule has 1 atom stereocenters. The number of aliphatic hydroxyl groups excluding tert-OH is 1. The summed E-state index contributed by atoms with van der Waals surface area (Å²) in [5.74, 6) is 0. The minimum atomic E-state index is -0.383. The molecular weight excluding hydrogens is 394 g/mol. The van der Waals surface area contributed by atoms with Crippen molar-refractivity contribution in [1.29, 1.82) is 0 Å². The number of nitrogens with one attached hydrogen (secondary N) is 1. The van der Waals surface area contributed by atoms with E-state index in [-0.39, 0.29) is 6.10 Å². The van der Waals surface area contributed by atoms with E-state index < -0.39 is 0 Å². The van der Waals surface area contributed by atoms with Gasteiger partial charge in [0.2, 0.25) is 0 Å². The average molecular weight is 421 g/mol. The van der Waals surface area contributed by atoms with Crippen molar-refractivity contribution in [2.45, 2.75) is 12.6 Å². The zero-order valence-electron chi connectivity index (χ0n) is 17.0. The third-order valence-corrected chi connectivity index (χ3v) is 6.58. The Balaban J connectivity index is 1.27. The van der Waals surface area contributed by atoms with Crippen LogP contribution in [0.1, 0.15) is 0 Å². The van der Waals surface area contributed by atoms with Gasteiger partial charge in [-0.25, -0.2) is 0 Å². The van der Waals surface area contributed by atoms with Gasteiger partial charge in [0.15, 0.2) is 0 Å². The van der Waals surface area contributed by atoms with Gasteiger partial charge in [-0.2, -0.15) is 0 Å². The zero-order chi connectivity index (χ0) is 20.5. The van der Waals surface area contributed by atoms with E-state index in [1.54, 1.807) is 0 Å². The van der Waals surface area contributed by atoms with Crippen LogP contribution in [0.15, 0.2) is 72.8 Å². The summed E-state index contributed by atoms with van der Waals surface area (Å²) in [5, 5.41) is 14.3. The number of quaternary nitrogens is 1. The smallest absolute Gasteiger partial charge is 0.121 e. The van der Waals surface area contributed by atoms with Crippen molar-refractivity contribution in [2.24, 2.45) is 0 Å². The highest BCUT2D eigenvalue weighted by molar-refractivity contribution is 6.33. The van der Waals surface area contributed by atoms with Crippen molar-refractivity contribution < 1.29 is 10.0 Å². The molecule has 1 saturated heterocycles. The Bertz CT molecular complexity index is 1110. The van der Waals surface area contributed by atoms with Crippen molar-refractivity contribution in [3.63, 3.8) is 0 Å². The first-order valence-corrected chi connectivity index (χ1v) is 11.1. The first kappa shape index (κ1) is 19.4. The van der Waals surface area contributed by atoms with Crippen molar-refractivity contribution in [2.75, 3.05) is 37.6 Å². The fourth-order valence-corrected chi connectivity index (χ4v) is 5.04. The van der Waals surface area contributed by atoms with Gasteiger partial charge in [-0.3, -0.25) is 0 Å². The normalized spacial score (nSPS) is 16.4. The SMILES string of the molecule is O[C@H](Cn1c2ccccc2c2ccccc21)C[NH+]1CCN(c2ccccc2Cl)CC1. The lowest BCUT2D eigenvalue weighted by Gasteiger charge is -2.35. The number of rotatable bonds is 5. The van der Waals surface area contributed by atoms with E-state index in [2.05, 4.69) is 64.1 Å². The van der Waals surface area contributed by atoms with Gasteiger partial charge < -0.3 is 19.5 Å². The molecule has 0 aliphatic carbocycles. The second kappa shape index (κ2) is 8.31. The summed E-state index contributed by atoms with van der Waals surface area (Å²) >= 11 is 6.36. The van der Waals surface area contributed by atoms with Crippen LogP contribution >= 0.6 is 11.6 Å². The van der Waals surface area contributed by atoms with Crippen molar-refractivity contribution in [3.05, 3.63) is 77.8 Å². The van der Waals surface area contributed by atoms with Crippen LogP contribution in [0, 0.1) is 0 Å². The molecule has 1 aliphatic heterocycles. The minimum Gasteiger partial charge on any atom is -0.385 e. The van der Waals surface area contributed by atoms with Crippen LogP contribution in [-0.4, -0.2) is 48.5 Å². The molecule has 0 spiro atoms. The van der Waals surface area contributed by atoms with Crippen LogP contribution in [0.4, 0.5) is 5.69 Å². The number of fused-ring (bicyclic) bond motifs is 3. The molecular formula is C25H27ClN3O+. The molecule has 0 bridgehead atoms. The highest BCUT2D eigenvalue weighted by Gasteiger charge is 2.24. The number of hydrogen-bond donors (Lipinski definition) is 2. The van der Waals surface area contributed by atoms with Crippen LogP contribution in [0.3, 0.4) is 0 Å². The number of aliphatic hydroxyl groups is 1. The molecule has 1 aromatic heterocycles. The highest BCUT2D eigenvalue weighted by Crippen LogP contribution is 2.29. The molecule has 5 heteroatoms. The average Bonchev–Trinajstić information content (AvgIpc) is 3.09. The number of benzene rings is 3. The highest BCUT2D eigenvalue weighted by atomic mass is 35.5. The van der Waals surface area contributed by atoms with Gasteiger partial charge in [0, 0.05) is 21.8 Å². The van der Waals surface area contributed by atoms with Gasteiger partial charge in [-0.15, -0.1) is 0 Å². The third kappa shape index (κ3) is 3.67. The lowest BCUT2D eigenvalue weighted by Crippen LogP contribution is -3.15. The summed E-state index contributed by atoms with van der Waals surface area (Å²) in [4.78, 5) is 3.80. The number of hydrogen-bond acceptors (Lipinski definition) is 2. The number of para-hydroxylation sites is 3. The standard InChI is InChI=1S/C25H26ClN3O/c26-22-9-3-6-12-25(22)28-15-13-27(14-16-28)17-19(30)18-29-23-10-4-1-7-20(23)21-8-2-5-11-24(21)29/h1-12,19,30H,13-18H2/p+1/t19-/m0/s1. The predicted molar refractivity (Wildman–Crippen MR) is 125 cm³/mol. The molecule has 0 saturated carbocycles. The fourth-order valence-electron chi connectivity index (χ4n) is 4.78. The fraction of sp³-hybridized carbons (Fsp3) is 0.280. The maximum atomic E-state index is 10.9. The molecule has 3 aromatic carbocycles. The molecule has 1 aliphatic rings. The van der Waals surface area contributed by atoms with Crippen LogP contribution in [0.25, 0.3) is 21.8 Å². The Labute approximate surface area is 181 Å². The van der Waals surface area contributed by atoms with Gasteiger partial charge in [-0.1, -0.05) is 60.1 Å². The van der Waals surface area contributed by atoms with E-state index in [9.17, 15) is 5.11 Å². The first-order valence-electron chi connectivity index (χ1n) is 10.7. The van der Waals surface area contributed by atoms with E-state index in [0.717, 1.165) is 43.4 Å². The molecule has 2 heterocycles. The number of halogens is 1. The number of aromatic nitrogens is 1. The molecule has 4 aromatic rings. The molecule has 0 radical (unpaired) electrons. The van der Waals surface area contributed by atoms with Crippen molar-refractivity contribution >= 4 is 39.1 Å². The number of nitrogens with zero attached hydrogens (tertiary/aromatic N) is 2. The quantitative estimate of drug-likeness (QED) is 0.519. The Morgan fingerprint density at radius 1 is 0.833 bits per heavy atom. The Kier molecular flexibility index (Phi) is 5.38. The van der Waals surface area contributed by atoms with E-state index in [4.69, 9.17) is 11.6 Å². The van der Waals surface area contributed by atoms with E-state index in [0.29, 0.717) is 6.54 Å². The Morgan fingerprint density at radius 2 is 1.40 bits per heavy atom. The Hall–Kier alpha value is -2.53. The van der Waals surface area contributed by atoms with Crippen LogP contribution in [0.2, 0.25) is 5.02 Å². The summed E-state index contributed by atoms with van der Waals surface area (Å²) in [7, 11) is 0. The summed E-state index contributed by atoms with van der Waals surface area (Å²) in [6, 6.07) is 25.0. The monoisotopic (exact) mass is 420 g/mol. The largest absolute Gasteiger partial charge is 0.385 e. The van der Waals surface area contributed by atoms with Gasteiger partial charge in [0.25, 0.3) is 0 Å². The molecule has 5 rings (SSSR count). The second-order valence-electron chi connectivity index (χ2n) is 8.19. The number of piperazine rings is 1. The summed E-state index contributed by atoms with van der Waals surface area (Å²) in [6.45, 7) is 5.32. The molecule has 0 amide bonds. The van der Waals surface area contributed by atoms with Gasteiger partial charge in [0.05, 0.1) is 43.4 Å². The van der Waals surface area contributed by atoms with Gasteiger partial charge >= 0.3 is 0 Å². The third-order valence-electron chi connectivity index (χ3n) is 6.26. The molecule has 1 fully saturated rings. The summed E-state index contributed by atoms with van der Waals surface area (Å²) in [5.41, 5.74) is 3.50. The van der Waals surface area contributed by atoms with Crippen molar-refractivity contribution in [1.82, 2.24) is 4.57 Å². The minimum absolute atomic E-state index is 0.383. The predicted octanol–water partition coefficient (Wildman–Crippen LogP) is 3.21. The molecule has 30 heavy (non-hydrogen) atoms. The second-order valence-corrected chi connectivity index (χ2v) is 8.60.